The lowest BCUT2D eigenvalue weighted by molar-refractivity contribution is -0.113. The van der Waals surface area contributed by atoms with Gasteiger partial charge in [0.05, 0.1) is 6.61 Å². The summed E-state index contributed by atoms with van der Waals surface area (Å²) in [5.74, 6) is -4.33. The van der Waals surface area contributed by atoms with E-state index in [0.717, 1.165) is 43.9 Å². The van der Waals surface area contributed by atoms with Crippen LogP contribution in [-0.4, -0.2) is 62.6 Å². The zero-order valence-electron chi connectivity index (χ0n) is 24.5. The lowest BCUT2D eigenvalue weighted by Gasteiger charge is -2.27. The first-order valence-corrected chi connectivity index (χ1v) is 14.3. The summed E-state index contributed by atoms with van der Waals surface area (Å²) in [6.45, 7) is 5.57. The summed E-state index contributed by atoms with van der Waals surface area (Å²) in [7, 11) is 1.66. The molecule has 1 fully saturated rings. The van der Waals surface area contributed by atoms with E-state index in [1.807, 2.05) is 0 Å². The van der Waals surface area contributed by atoms with E-state index in [4.69, 9.17) is 9.47 Å². The van der Waals surface area contributed by atoms with Gasteiger partial charge in [-0.15, -0.1) is 0 Å². The lowest BCUT2D eigenvalue weighted by atomic mass is 9.83. The van der Waals surface area contributed by atoms with Gasteiger partial charge < -0.3 is 14.8 Å². The zero-order valence-corrected chi connectivity index (χ0v) is 24.5. The third-order valence-electron chi connectivity index (χ3n) is 7.27. The SMILES string of the molecule is CCN(CCOC)CCOc1ccc(C(=O)NC2C/C(=C\c3ccc(F)c(F)c3)C(=O)/C(=C/c3ccc(F)c(F)c3)C2)cc1. The molecule has 44 heavy (non-hydrogen) atoms. The summed E-state index contributed by atoms with van der Waals surface area (Å²) < 4.78 is 65.6. The van der Waals surface area contributed by atoms with Gasteiger partial charge in [-0.2, -0.15) is 0 Å². The van der Waals surface area contributed by atoms with E-state index in [9.17, 15) is 27.2 Å². The minimum atomic E-state index is -1.06. The van der Waals surface area contributed by atoms with Crippen LogP contribution >= 0.6 is 0 Å². The number of ketones is 1. The van der Waals surface area contributed by atoms with Crippen molar-refractivity contribution in [3.05, 3.63) is 112 Å². The highest BCUT2D eigenvalue weighted by Gasteiger charge is 2.29. The molecule has 1 aliphatic rings. The quantitative estimate of drug-likeness (QED) is 0.195. The van der Waals surface area contributed by atoms with Crippen molar-refractivity contribution < 1.29 is 36.6 Å². The molecular weight excluding hydrogens is 576 g/mol. The Bertz CT molecular complexity index is 1470. The second kappa shape index (κ2) is 15.4. The monoisotopic (exact) mass is 610 g/mol. The fraction of sp³-hybridized carbons (Fsp3) is 0.294. The largest absolute Gasteiger partial charge is 0.492 e. The molecule has 0 bridgehead atoms. The molecule has 1 N–H and O–H groups in total. The third-order valence-corrected chi connectivity index (χ3v) is 7.27. The van der Waals surface area contributed by atoms with Crippen LogP contribution in [0.25, 0.3) is 12.2 Å². The normalized spacial score (nSPS) is 17.0. The van der Waals surface area contributed by atoms with Crippen LogP contribution in [0.1, 0.15) is 41.3 Å². The fourth-order valence-electron chi connectivity index (χ4n) is 4.86. The lowest BCUT2D eigenvalue weighted by Crippen LogP contribution is -2.39. The van der Waals surface area contributed by atoms with Crippen molar-refractivity contribution in [1.29, 1.82) is 0 Å². The van der Waals surface area contributed by atoms with E-state index in [1.54, 1.807) is 31.4 Å². The smallest absolute Gasteiger partial charge is 0.251 e. The van der Waals surface area contributed by atoms with Crippen molar-refractivity contribution in [3.63, 3.8) is 0 Å². The van der Waals surface area contributed by atoms with E-state index in [-0.39, 0.29) is 41.0 Å². The van der Waals surface area contributed by atoms with Crippen LogP contribution in [0.3, 0.4) is 0 Å². The van der Waals surface area contributed by atoms with Gasteiger partial charge in [-0.05, 0) is 91.2 Å². The minimum absolute atomic E-state index is 0.122. The second-order valence-electron chi connectivity index (χ2n) is 10.4. The van der Waals surface area contributed by atoms with Gasteiger partial charge in [-0.1, -0.05) is 19.1 Å². The van der Waals surface area contributed by atoms with Crippen molar-refractivity contribution in [1.82, 2.24) is 10.2 Å². The Morgan fingerprint density at radius 2 is 1.39 bits per heavy atom. The molecule has 3 aromatic rings. The highest BCUT2D eigenvalue weighted by Crippen LogP contribution is 2.29. The number of nitrogens with zero attached hydrogens (tertiary/aromatic N) is 1. The molecule has 1 aliphatic carbocycles. The Labute approximate surface area is 254 Å². The van der Waals surface area contributed by atoms with Gasteiger partial charge in [-0.3, -0.25) is 14.5 Å². The summed E-state index contributed by atoms with van der Waals surface area (Å²) in [5, 5.41) is 2.93. The van der Waals surface area contributed by atoms with Crippen molar-refractivity contribution in [2.24, 2.45) is 0 Å². The van der Waals surface area contributed by atoms with E-state index < -0.39 is 35.1 Å². The van der Waals surface area contributed by atoms with Crippen molar-refractivity contribution >= 4 is 23.8 Å². The van der Waals surface area contributed by atoms with E-state index >= 15 is 0 Å². The molecule has 1 saturated carbocycles. The van der Waals surface area contributed by atoms with Crippen molar-refractivity contribution in [2.75, 3.05) is 40.0 Å². The number of carbonyl (C=O) groups is 2. The van der Waals surface area contributed by atoms with Gasteiger partial charge in [0.15, 0.2) is 29.1 Å². The third kappa shape index (κ3) is 8.87. The molecule has 0 radical (unpaired) electrons. The number of halogens is 4. The number of nitrogens with one attached hydrogen (secondary N) is 1. The second-order valence-corrected chi connectivity index (χ2v) is 10.4. The van der Waals surface area contributed by atoms with Crippen LogP contribution in [0.2, 0.25) is 0 Å². The predicted octanol–water partition coefficient (Wildman–Crippen LogP) is 6.22. The Hall–Kier alpha value is -4.28. The first kappa shape index (κ1) is 32.6. The number of Topliss-reactive ketones (excluding diaryl/α,β-unsaturated/α-hetero) is 1. The molecule has 10 heteroatoms. The summed E-state index contributed by atoms with van der Waals surface area (Å²) in [4.78, 5) is 28.7. The number of methoxy groups -OCH3 is 1. The molecule has 6 nitrogen and oxygen atoms in total. The van der Waals surface area contributed by atoms with Crippen LogP contribution in [0.5, 0.6) is 5.75 Å². The Balaban J connectivity index is 1.49. The van der Waals surface area contributed by atoms with Crippen molar-refractivity contribution in [2.45, 2.75) is 25.8 Å². The average Bonchev–Trinajstić information content (AvgIpc) is 3.01. The molecular formula is C34H34F4N2O4. The van der Waals surface area contributed by atoms with E-state index in [2.05, 4.69) is 17.1 Å². The summed E-state index contributed by atoms with van der Waals surface area (Å²) in [5.41, 5.74) is 1.40. The number of hydrogen-bond acceptors (Lipinski definition) is 5. The standard InChI is InChI=1S/C34H34F4N2O4/c1-3-40(12-14-43-2)13-15-44-28-8-6-24(7-9-28)34(42)39-27-20-25(16-22-4-10-29(35)31(37)18-22)33(41)26(21-27)17-23-5-11-30(36)32(38)19-23/h4-11,16-19,27H,3,12-15,20-21H2,1-2H3,(H,39,42)/b25-16+,26-17+. The highest BCUT2D eigenvalue weighted by atomic mass is 19.2. The van der Waals surface area contributed by atoms with Crippen LogP contribution in [0, 0.1) is 23.3 Å². The van der Waals surface area contributed by atoms with Gasteiger partial charge in [0, 0.05) is 43.0 Å². The van der Waals surface area contributed by atoms with Crippen LogP contribution < -0.4 is 10.1 Å². The molecule has 0 aliphatic heterocycles. The predicted molar refractivity (Wildman–Crippen MR) is 160 cm³/mol. The van der Waals surface area contributed by atoms with E-state index in [0.29, 0.717) is 24.5 Å². The molecule has 0 aromatic heterocycles. The maximum absolute atomic E-state index is 13.9. The summed E-state index contributed by atoms with van der Waals surface area (Å²) in [6.07, 6.45) is 3.11. The van der Waals surface area contributed by atoms with Gasteiger partial charge in [0.1, 0.15) is 12.4 Å². The zero-order chi connectivity index (χ0) is 31.6. The van der Waals surface area contributed by atoms with Crippen LogP contribution in [-0.2, 0) is 9.53 Å². The first-order chi connectivity index (χ1) is 21.2. The number of amides is 1. The maximum atomic E-state index is 13.9. The topological polar surface area (TPSA) is 67.9 Å². The van der Waals surface area contributed by atoms with Crippen LogP contribution in [0.15, 0.2) is 71.8 Å². The fourth-order valence-corrected chi connectivity index (χ4v) is 4.86. The van der Waals surface area contributed by atoms with E-state index in [1.165, 1.54) is 24.3 Å². The summed E-state index contributed by atoms with van der Waals surface area (Å²) in [6, 6.07) is 12.7. The number of benzene rings is 3. The van der Waals surface area contributed by atoms with Gasteiger partial charge in [-0.25, -0.2) is 17.6 Å². The van der Waals surface area contributed by atoms with Gasteiger partial charge in [0.25, 0.3) is 5.91 Å². The molecule has 1 amide bonds. The number of hydrogen-bond donors (Lipinski definition) is 1. The molecule has 0 heterocycles. The van der Waals surface area contributed by atoms with Crippen LogP contribution in [0.4, 0.5) is 17.6 Å². The number of likely N-dealkylation sites (N-methyl/N-ethyl adjacent to an activating group) is 1. The molecule has 0 spiro atoms. The molecule has 232 valence electrons. The molecule has 0 saturated heterocycles. The van der Waals surface area contributed by atoms with Gasteiger partial charge in [0.2, 0.25) is 0 Å². The molecule has 0 atom stereocenters. The van der Waals surface area contributed by atoms with Crippen molar-refractivity contribution in [3.8, 4) is 5.75 Å². The average molecular weight is 611 g/mol. The first-order valence-electron chi connectivity index (χ1n) is 14.3. The number of carbonyl (C=O) groups excluding carboxylic acids is 2. The number of ether oxygens (including phenoxy) is 2. The molecule has 4 rings (SSSR count). The maximum Gasteiger partial charge on any atom is 0.251 e. The molecule has 0 unspecified atom stereocenters. The summed E-state index contributed by atoms with van der Waals surface area (Å²) >= 11 is 0. The molecule has 3 aromatic carbocycles. The Kier molecular flexibility index (Phi) is 11.5. The van der Waals surface area contributed by atoms with Gasteiger partial charge >= 0.3 is 0 Å². The Morgan fingerprint density at radius 3 is 1.89 bits per heavy atom. The number of rotatable bonds is 12. The Morgan fingerprint density at radius 1 is 0.841 bits per heavy atom. The highest BCUT2D eigenvalue weighted by molar-refractivity contribution is 6.14. The minimum Gasteiger partial charge on any atom is -0.492 e.